The van der Waals surface area contributed by atoms with E-state index in [1.54, 1.807) is 18.2 Å². The maximum Gasteiger partial charge on any atom is 0.154 e. The topological polar surface area (TPSA) is 60.2 Å². The number of hydrogen-bond donors (Lipinski definition) is 1. The fraction of sp³-hybridized carbons (Fsp3) is 0.400. The molecule has 0 saturated heterocycles. The number of halogens is 1. The second-order valence-corrected chi connectivity index (χ2v) is 6.53. The van der Waals surface area contributed by atoms with Crippen LogP contribution in [0.25, 0.3) is 0 Å². The molecule has 0 heterocycles. The van der Waals surface area contributed by atoms with Crippen LogP contribution in [0.15, 0.2) is 22.7 Å². The number of anilines is 1. The Morgan fingerprint density at radius 2 is 2.07 bits per heavy atom. The minimum absolute atomic E-state index is 0.0277. The van der Waals surface area contributed by atoms with Crippen LogP contribution < -0.4 is 5.73 Å². The molecule has 1 aromatic rings. The first-order valence-corrected chi connectivity index (χ1v) is 7.30. The summed E-state index contributed by atoms with van der Waals surface area (Å²) >= 11 is 3.28. The van der Waals surface area contributed by atoms with Crippen molar-refractivity contribution in [2.45, 2.75) is 19.1 Å². The Bertz CT molecular complexity index is 443. The minimum atomic E-state index is -3.02. The van der Waals surface area contributed by atoms with Gasteiger partial charge in [-0.3, -0.25) is 0 Å². The largest absolute Gasteiger partial charge is 0.398 e. The lowest BCUT2D eigenvalue weighted by atomic mass is 10.2. The molecule has 0 aliphatic carbocycles. The summed E-state index contributed by atoms with van der Waals surface area (Å²) in [4.78, 5) is 0. The molecule has 2 N–H and O–H groups in total. The molecule has 0 aromatic heterocycles. The third-order valence-electron chi connectivity index (χ3n) is 2.00. The Balaban J connectivity index is 2.90. The van der Waals surface area contributed by atoms with Crippen LogP contribution in [0, 0.1) is 0 Å². The average molecular weight is 292 g/mol. The molecule has 0 unspecified atom stereocenters. The molecule has 15 heavy (non-hydrogen) atoms. The van der Waals surface area contributed by atoms with E-state index in [4.69, 9.17) is 5.73 Å². The number of hydrogen-bond acceptors (Lipinski definition) is 3. The molecular weight excluding hydrogens is 278 g/mol. The summed E-state index contributed by atoms with van der Waals surface area (Å²) in [5.41, 5.74) is 6.92. The second kappa shape index (κ2) is 4.99. The molecule has 0 bridgehead atoms. The molecule has 0 aliphatic heterocycles. The van der Waals surface area contributed by atoms with E-state index in [-0.39, 0.29) is 11.5 Å². The standard InChI is InChI=1S/C10H14BrNO2S/c1-2-5-15(13,14)7-8-3-4-9(11)6-10(8)12/h3-4,6H,2,5,7,12H2,1H3. The normalized spacial score (nSPS) is 11.6. The lowest BCUT2D eigenvalue weighted by molar-refractivity contribution is 0.594. The van der Waals surface area contributed by atoms with Crippen molar-refractivity contribution >= 4 is 31.5 Å². The van der Waals surface area contributed by atoms with Gasteiger partial charge < -0.3 is 5.73 Å². The van der Waals surface area contributed by atoms with Crippen molar-refractivity contribution in [1.29, 1.82) is 0 Å². The number of nitrogens with two attached hydrogens (primary N) is 1. The van der Waals surface area contributed by atoms with Crippen LogP contribution in [0.2, 0.25) is 0 Å². The van der Waals surface area contributed by atoms with E-state index in [0.717, 1.165) is 4.47 Å². The highest BCUT2D eigenvalue weighted by Crippen LogP contribution is 2.20. The zero-order valence-corrected chi connectivity index (χ0v) is 10.9. The fourth-order valence-corrected chi connectivity index (χ4v) is 3.20. The van der Waals surface area contributed by atoms with Gasteiger partial charge in [-0.2, -0.15) is 0 Å². The molecule has 1 aromatic carbocycles. The van der Waals surface area contributed by atoms with Gasteiger partial charge in [0, 0.05) is 10.2 Å². The zero-order chi connectivity index (χ0) is 11.5. The Hall–Kier alpha value is -0.550. The number of benzene rings is 1. The van der Waals surface area contributed by atoms with Crippen molar-refractivity contribution in [2.75, 3.05) is 11.5 Å². The van der Waals surface area contributed by atoms with E-state index in [1.165, 1.54) is 0 Å². The van der Waals surface area contributed by atoms with Crippen LogP contribution in [-0.4, -0.2) is 14.2 Å². The lowest BCUT2D eigenvalue weighted by Crippen LogP contribution is -2.10. The SMILES string of the molecule is CCCS(=O)(=O)Cc1ccc(Br)cc1N. The van der Waals surface area contributed by atoms with Crippen molar-refractivity contribution in [1.82, 2.24) is 0 Å². The molecular formula is C10H14BrNO2S. The van der Waals surface area contributed by atoms with Crippen LogP contribution >= 0.6 is 15.9 Å². The molecule has 5 heteroatoms. The molecule has 0 atom stereocenters. The maximum atomic E-state index is 11.6. The summed E-state index contributed by atoms with van der Waals surface area (Å²) in [6.45, 7) is 1.85. The summed E-state index contributed by atoms with van der Waals surface area (Å²) < 4.78 is 24.0. The van der Waals surface area contributed by atoms with E-state index in [2.05, 4.69) is 15.9 Å². The fourth-order valence-electron chi connectivity index (χ4n) is 1.32. The maximum absolute atomic E-state index is 11.6. The van der Waals surface area contributed by atoms with Gasteiger partial charge in [0.1, 0.15) is 0 Å². The molecule has 0 amide bonds. The van der Waals surface area contributed by atoms with Gasteiger partial charge in [0.15, 0.2) is 9.84 Å². The van der Waals surface area contributed by atoms with Crippen LogP contribution in [0.5, 0.6) is 0 Å². The molecule has 0 spiro atoms. The quantitative estimate of drug-likeness (QED) is 0.867. The van der Waals surface area contributed by atoms with E-state index >= 15 is 0 Å². The first kappa shape index (κ1) is 12.5. The van der Waals surface area contributed by atoms with Gasteiger partial charge in [-0.25, -0.2) is 8.42 Å². The monoisotopic (exact) mass is 291 g/mol. The molecule has 84 valence electrons. The summed E-state index contributed by atoms with van der Waals surface area (Å²) in [6.07, 6.45) is 0.638. The highest BCUT2D eigenvalue weighted by molar-refractivity contribution is 9.10. The third kappa shape index (κ3) is 3.83. The lowest BCUT2D eigenvalue weighted by Gasteiger charge is -2.06. The Kier molecular flexibility index (Phi) is 4.16. The first-order valence-electron chi connectivity index (χ1n) is 4.69. The van der Waals surface area contributed by atoms with E-state index in [1.807, 2.05) is 6.92 Å². The van der Waals surface area contributed by atoms with Crippen molar-refractivity contribution in [2.24, 2.45) is 0 Å². The third-order valence-corrected chi connectivity index (χ3v) is 4.27. The minimum Gasteiger partial charge on any atom is -0.398 e. The average Bonchev–Trinajstić information content (AvgIpc) is 2.09. The Morgan fingerprint density at radius 1 is 1.40 bits per heavy atom. The van der Waals surface area contributed by atoms with Gasteiger partial charge in [-0.05, 0) is 24.1 Å². The van der Waals surface area contributed by atoms with Crippen LogP contribution in [0.3, 0.4) is 0 Å². The van der Waals surface area contributed by atoms with Crippen molar-refractivity contribution in [3.8, 4) is 0 Å². The van der Waals surface area contributed by atoms with Crippen molar-refractivity contribution < 1.29 is 8.42 Å². The highest BCUT2D eigenvalue weighted by atomic mass is 79.9. The predicted molar refractivity (Wildman–Crippen MR) is 66.3 cm³/mol. The molecule has 0 radical (unpaired) electrons. The van der Waals surface area contributed by atoms with Gasteiger partial charge in [0.05, 0.1) is 11.5 Å². The Labute approximate surface area is 98.7 Å². The molecule has 1 rings (SSSR count). The van der Waals surface area contributed by atoms with Gasteiger partial charge in [0.25, 0.3) is 0 Å². The van der Waals surface area contributed by atoms with Crippen molar-refractivity contribution in [3.05, 3.63) is 28.2 Å². The molecule has 0 saturated carbocycles. The number of rotatable bonds is 4. The summed E-state index contributed by atoms with van der Waals surface area (Å²) in [5.74, 6) is 0.239. The smallest absolute Gasteiger partial charge is 0.154 e. The van der Waals surface area contributed by atoms with E-state index in [0.29, 0.717) is 17.7 Å². The van der Waals surface area contributed by atoms with Crippen LogP contribution in [-0.2, 0) is 15.6 Å². The van der Waals surface area contributed by atoms with Crippen molar-refractivity contribution in [3.63, 3.8) is 0 Å². The Morgan fingerprint density at radius 3 is 2.60 bits per heavy atom. The van der Waals surface area contributed by atoms with Crippen LogP contribution in [0.1, 0.15) is 18.9 Å². The summed E-state index contributed by atoms with van der Waals surface area (Å²) in [6, 6.07) is 5.26. The first-order chi connectivity index (χ1) is 6.94. The molecule has 0 fully saturated rings. The summed E-state index contributed by atoms with van der Waals surface area (Å²) in [7, 11) is -3.02. The number of sulfone groups is 1. The molecule has 0 aliphatic rings. The van der Waals surface area contributed by atoms with Gasteiger partial charge in [-0.15, -0.1) is 0 Å². The number of nitrogen functional groups attached to an aromatic ring is 1. The summed E-state index contributed by atoms with van der Waals surface area (Å²) in [5, 5.41) is 0. The van der Waals surface area contributed by atoms with Crippen LogP contribution in [0.4, 0.5) is 5.69 Å². The highest BCUT2D eigenvalue weighted by Gasteiger charge is 2.12. The van der Waals surface area contributed by atoms with Gasteiger partial charge in [-0.1, -0.05) is 28.9 Å². The van der Waals surface area contributed by atoms with Gasteiger partial charge in [0.2, 0.25) is 0 Å². The molecule has 3 nitrogen and oxygen atoms in total. The second-order valence-electron chi connectivity index (χ2n) is 3.44. The zero-order valence-electron chi connectivity index (χ0n) is 8.53. The van der Waals surface area contributed by atoms with E-state index in [9.17, 15) is 8.42 Å². The van der Waals surface area contributed by atoms with Gasteiger partial charge >= 0.3 is 0 Å². The predicted octanol–water partition coefficient (Wildman–Crippen LogP) is 2.36. The van der Waals surface area contributed by atoms with E-state index < -0.39 is 9.84 Å².